The normalized spacial score (nSPS) is 15.1. The molecule has 1 aromatic heterocycles. The summed E-state index contributed by atoms with van der Waals surface area (Å²) in [6.45, 7) is 7.05. The minimum atomic E-state index is -0.0934. The first-order chi connectivity index (χ1) is 6.99. The molecule has 3 nitrogen and oxygen atoms in total. The van der Waals surface area contributed by atoms with Crippen molar-refractivity contribution in [1.29, 1.82) is 0 Å². The molecule has 0 amide bonds. The van der Waals surface area contributed by atoms with Crippen molar-refractivity contribution in [2.75, 3.05) is 11.9 Å². The van der Waals surface area contributed by atoms with E-state index in [2.05, 4.69) is 47.0 Å². The summed E-state index contributed by atoms with van der Waals surface area (Å²) in [4.78, 5) is 4.03. The fourth-order valence-electron chi connectivity index (χ4n) is 1.22. The third-order valence-corrected chi connectivity index (χ3v) is 3.52. The summed E-state index contributed by atoms with van der Waals surface area (Å²) in [6, 6.07) is 1.94. The van der Waals surface area contributed by atoms with Gasteiger partial charge in [-0.2, -0.15) is 0 Å². The summed E-state index contributed by atoms with van der Waals surface area (Å²) >= 11 is 3.46. The van der Waals surface area contributed by atoms with Gasteiger partial charge in [0.25, 0.3) is 0 Å². The standard InChI is InChI=1S/C11H18BrN3/c1-8(2)11(3,7-13)15-10-4-5-14-6-9(10)12/h4-6,8H,7,13H2,1-3H3,(H,14,15). The zero-order valence-corrected chi connectivity index (χ0v) is 11.0. The molecule has 1 rings (SSSR count). The molecular weight excluding hydrogens is 254 g/mol. The van der Waals surface area contributed by atoms with Crippen LogP contribution in [0.15, 0.2) is 22.9 Å². The van der Waals surface area contributed by atoms with E-state index in [0.29, 0.717) is 12.5 Å². The SMILES string of the molecule is CC(C)C(C)(CN)Nc1ccncc1Br. The quantitative estimate of drug-likeness (QED) is 0.885. The van der Waals surface area contributed by atoms with Gasteiger partial charge in [0, 0.05) is 24.5 Å². The van der Waals surface area contributed by atoms with Crippen molar-refractivity contribution in [3.8, 4) is 0 Å². The van der Waals surface area contributed by atoms with Crippen molar-refractivity contribution in [3.63, 3.8) is 0 Å². The summed E-state index contributed by atoms with van der Waals surface area (Å²) in [6.07, 6.45) is 3.55. The first kappa shape index (κ1) is 12.5. The number of nitrogens with two attached hydrogens (primary N) is 1. The Morgan fingerprint density at radius 2 is 2.27 bits per heavy atom. The van der Waals surface area contributed by atoms with Crippen LogP contribution in [0.3, 0.4) is 0 Å². The van der Waals surface area contributed by atoms with Crippen molar-refractivity contribution < 1.29 is 0 Å². The Morgan fingerprint density at radius 3 is 2.73 bits per heavy atom. The lowest BCUT2D eigenvalue weighted by atomic mass is 9.88. The van der Waals surface area contributed by atoms with E-state index in [1.165, 1.54) is 0 Å². The van der Waals surface area contributed by atoms with Gasteiger partial charge in [-0.3, -0.25) is 4.98 Å². The molecule has 0 aliphatic heterocycles. The first-order valence-electron chi connectivity index (χ1n) is 5.07. The maximum absolute atomic E-state index is 5.81. The summed E-state index contributed by atoms with van der Waals surface area (Å²) < 4.78 is 0.963. The highest BCUT2D eigenvalue weighted by Gasteiger charge is 2.26. The Bertz CT molecular complexity index is 327. The van der Waals surface area contributed by atoms with E-state index < -0.39 is 0 Å². The van der Waals surface area contributed by atoms with Crippen molar-refractivity contribution in [2.45, 2.75) is 26.3 Å². The lowest BCUT2D eigenvalue weighted by molar-refractivity contribution is 0.382. The fraction of sp³-hybridized carbons (Fsp3) is 0.545. The molecule has 15 heavy (non-hydrogen) atoms. The molecule has 84 valence electrons. The van der Waals surface area contributed by atoms with E-state index in [4.69, 9.17) is 5.73 Å². The molecule has 0 fully saturated rings. The van der Waals surface area contributed by atoms with Gasteiger partial charge >= 0.3 is 0 Å². The molecule has 0 aliphatic carbocycles. The molecule has 0 bridgehead atoms. The van der Waals surface area contributed by atoms with Crippen molar-refractivity contribution in [2.24, 2.45) is 11.7 Å². The first-order valence-corrected chi connectivity index (χ1v) is 5.86. The topological polar surface area (TPSA) is 50.9 Å². The number of pyridine rings is 1. The second-order valence-corrected chi connectivity index (χ2v) is 5.11. The Hall–Kier alpha value is -0.610. The molecule has 0 saturated carbocycles. The lowest BCUT2D eigenvalue weighted by Crippen LogP contribution is -2.47. The second kappa shape index (κ2) is 4.94. The molecule has 1 atom stereocenters. The minimum absolute atomic E-state index is 0.0934. The van der Waals surface area contributed by atoms with E-state index in [0.717, 1.165) is 10.2 Å². The number of nitrogens with one attached hydrogen (secondary N) is 1. The monoisotopic (exact) mass is 271 g/mol. The number of hydrogen-bond acceptors (Lipinski definition) is 3. The van der Waals surface area contributed by atoms with Crippen LogP contribution in [0.2, 0.25) is 0 Å². The van der Waals surface area contributed by atoms with Crippen molar-refractivity contribution in [3.05, 3.63) is 22.9 Å². The number of halogens is 1. The lowest BCUT2D eigenvalue weighted by Gasteiger charge is -2.35. The summed E-state index contributed by atoms with van der Waals surface area (Å²) in [5.41, 5.74) is 6.75. The summed E-state index contributed by atoms with van der Waals surface area (Å²) in [7, 11) is 0. The van der Waals surface area contributed by atoms with Crippen LogP contribution in [0, 0.1) is 5.92 Å². The van der Waals surface area contributed by atoms with Gasteiger partial charge < -0.3 is 11.1 Å². The second-order valence-electron chi connectivity index (χ2n) is 4.26. The maximum atomic E-state index is 5.81. The predicted octanol–water partition coefficient (Wildman–Crippen LogP) is 2.63. The molecule has 4 heteroatoms. The zero-order chi connectivity index (χ0) is 11.5. The van der Waals surface area contributed by atoms with Crippen molar-refractivity contribution >= 4 is 21.6 Å². The van der Waals surface area contributed by atoms with Gasteiger partial charge in [-0.1, -0.05) is 13.8 Å². The van der Waals surface area contributed by atoms with E-state index in [-0.39, 0.29) is 5.54 Å². The minimum Gasteiger partial charge on any atom is -0.377 e. The van der Waals surface area contributed by atoms with Gasteiger partial charge in [0.05, 0.1) is 10.2 Å². The average Bonchev–Trinajstić information content (AvgIpc) is 2.21. The van der Waals surface area contributed by atoms with E-state index >= 15 is 0 Å². The van der Waals surface area contributed by atoms with Crippen LogP contribution in [0.1, 0.15) is 20.8 Å². The van der Waals surface area contributed by atoms with Crippen molar-refractivity contribution in [1.82, 2.24) is 4.98 Å². The van der Waals surface area contributed by atoms with E-state index in [1.807, 2.05) is 6.07 Å². The molecule has 1 heterocycles. The van der Waals surface area contributed by atoms with Gasteiger partial charge in [-0.25, -0.2) is 0 Å². The van der Waals surface area contributed by atoms with E-state index in [9.17, 15) is 0 Å². The van der Waals surface area contributed by atoms with Crippen LogP contribution in [0.25, 0.3) is 0 Å². The van der Waals surface area contributed by atoms with Crippen LogP contribution in [0.5, 0.6) is 0 Å². The molecule has 0 radical (unpaired) electrons. The van der Waals surface area contributed by atoms with Crippen LogP contribution in [-0.4, -0.2) is 17.1 Å². The number of nitrogens with zero attached hydrogens (tertiary/aromatic N) is 1. The number of rotatable bonds is 4. The Labute approximate surface area is 99.6 Å². The molecule has 1 unspecified atom stereocenters. The molecule has 0 aromatic carbocycles. The molecule has 0 aliphatic rings. The Balaban J connectivity index is 2.89. The van der Waals surface area contributed by atoms with Gasteiger partial charge in [-0.15, -0.1) is 0 Å². The third-order valence-electron chi connectivity index (χ3n) is 2.89. The molecule has 1 aromatic rings. The maximum Gasteiger partial charge on any atom is 0.0590 e. The van der Waals surface area contributed by atoms with Gasteiger partial charge in [0.15, 0.2) is 0 Å². The van der Waals surface area contributed by atoms with Gasteiger partial charge in [-0.05, 0) is 34.8 Å². The largest absolute Gasteiger partial charge is 0.377 e. The summed E-state index contributed by atoms with van der Waals surface area (Å²) in [5.74, 6) is 0.461. The predicted molar refractivity (Wildman–Crippen MR) is 67.9 cm³/mol. The number of anilines is 1. The Morgan fingerprint density at radius 1 is 1.60 bits per heavy atom. The summed E-state index contributed by atoms with van der Waals surface area (Å²) in [5, 5.41) is 3.46. The van der Waals surface area contributed by atoms with Gasteiger partial charge in [0.2, 0.25) is 0 Å². The van der Waals surface area contributed by atoms with Crippen LogP contribution in [-0.2, 0) is 0 Å². The number of aromatic nitrogens is 1. The Kier molecular flexibility index (Phi) is 4.11. The van der Waals surface area contributed by atoms with Crippen LogP contribution < -0.4 is 11.1 Å². The van der Waals surface area contributed by atoms with Crippen LogP contribution >= 0.6 is 15.9 Å². The molecule has 0 saturated heterocycles. The van der Waals surface area contributed by atoms with Crippen LogP contribution in [0.4, 0.5) is 5.69 Å². The highest BCUT2D eigenvalue weighted by atomic mass is 79.9. The smallest absolute Gasteiger partial charge is 0.0590 e. The molecule has 3 N–H and O–H groups in total. The zero-order valence-electron chi connectivity index (χ0n) is 9.42. The third kappa shape index (κ3) is 2.92. The van der Waals surface area contributed by atoms with Gasteiger partial charge in [0.1, 0.15) is 0 Å². The molecular formula is C11H18BrN3. The average molecular weight is 272 g/mol. The van der Waals surface area contributed by atoms with E-state index in [1.54, 1.807) is 12.4 Å². The molecule has 0 spiro atoms. The highest BCUT2D eigenvalue weighted by Crippen LogP contribution is 2.27. The number of hydrogen-bond donors (Lipinski definition) is 2. The fourth-order valence-corrected chi connectivity index (χ4v) is 1.56. The highest BCUT2D eigenvalue weighted by molar-refractivity contribution is 9.10.